The highest BCUT2D eigenvalue weighted by Crippen LogP contribution is 2.26. The Morgan fingerprint density at radius 3 is 2.62 bits per heavy atom. The fraction of sp³-hybridized carbons (Fsp3) is 0.400. The van der Waals surface area contributed by atoms with Gasteiger partial charge >= 0.3 is 0 Å². The van der Waals surface area contributed by atoms with Crippen molar-refractivity contribution in [2.45, 2.75) is 20.8 Å². The molecule has 2 N–H and O–H groups in total. The van der Waals surface area contributed by atoms with E-state index in [1.54, 1.807) is 13.8 Å². The zero-order valence-corrected chi connectivity index (χ0v) is 13.3. The van der Waals surface area contributed by atoms with Crippen LogP contribution >= 0.6 is 0 Å². The summed E-state index contributed by atoms with van der Waals surface area (Å²) in [4.78, 5) is 4.48. The van der Waals surface area contributed by atoms with Gasteiger partial charge in [0.05, 0.1) is 12.4 Å². The molecule has 2 rings (SSSR count). The van der Waals surface area contributed by atoms with Gasteiger partial charge in [0.2, 0.25) is 10.0 Å². The van der Waals surface area contributed by atoms with Crippen LogP contribution in [0.1, 0.15) is 19.5 Å². The van der Waals surface area contributed by atoms with Crippen LogP contribution in [0.4, 0.5) is 0 Å². The van der Waals surface area contributed by atoms with E-state index in [0.29, 0.717) is 5.75 Å². The van der Waals surface area contributed by atoms with Crippen LogP contribution in [0.15, 0.2) is 30.3 Å². The predicted octanol–water partition coefficient (Wildman–Crippen LogP) is 2.24. The Kier molecular flexibility index (Phi) is 4.20. The monoisotopic (exact) mass is 308 g/mol. The number of primary sulfonamides is 1. The Morgan fingerprint density at radius 2 is 1.95 bits per heavy atom. The molecule has 0 aliphatic carbocycles. The van der Waals surface area contributed by atoms with Gasteiger partial charge in [-0.3, -0.25) is 0 Å². The second-order valence-electron chi connectivity index (χ2n) is 6.04. The maximum absolute atomic E-state index is 11.2. The molecule has 1 aromatic heterocycles. The van der Waals surface area contributed by atoms with Gasteiger partial charge in [-0.25, -0.2) is 18.5 Å². The van der Waals surface area contributed by atoms with Crippen molar-refractivity contribution in [3.63, 3.8) is 0 Å². The average Bonchev–Trinajstić information content (AvgIpc) is 2.33. The Balaban J connectivity index is 2.22. The summed E-state index contributed by atoms with van der Waals surface area (Å²) in [5, 5.41) is 6.09. The van der Waals surface area contributed by atoms with Gasteiger partial charge in [-0.15, -0.1) is 0 Å². The molecule has 1 aromatic carbocycles. The molecule has 0 fully saturated rings. The minimum Gasteiger partial charge on any atom is -0.491 e. The average molecular weight is 308 g/mol. The highest BCUT2D eigenvalue weighted by molar-refractivity contribution is 7.89. The second-order valence-corrected chi connectivity index (χ2v) is 7.65. The molecular formula is C15H20N2O3S. The predicted molar refractivity (Wildman–Crippen MR) is 83.7 cm³/mol. The number of hydrogen-bond acceptors (Lipinski definition) is 4. The van der Waals surface area contributed by atoms with Gasteiger partial charge in [0.1, 0.15) is 11.3 Å². The van der Waals surface area contributed by atoms with Crippen molar-refractivity contribution in [1.82, 2.24) is 4.98 Å². The number of aromatic nitrogens is 1. The van der Waals surface area contributed by atoms with Gasteiger partial charge in [0.15, 0.2) is 0 Å². The summed E-state index contributed by atoms with van der Waals surface area (Å²) in [6.45, 7) is 5.78. The van der Waals surface area contributed by atoms with Crippen LogP contribution in [0.3, 0.4) is 0 Å². The fourth-order valence-electron chi connectivity index (χ4n) is 2.19. The number of fused-ring (bicyclic) bond motifs is 1. The molecular weight excluding hydrogens is 288 g/mol. The molecule has 2 aromatic rings. The highest BCUT2D eigenvalue weighted by Gasteiger charge is 2.25. The molecule has 5 nitrogen and oxygen atoms in total. The standard InChI is InChI=1S/C15H20N2O3S/c1-11-7-8-12-5-4-6-13(14(12)17-11)20-9-15(2,3)10-21(16,18)19/h4-8H,9-10H2,1-3H3,(H2,16,18,19). The first-order chi connectivity index (χ1) is 9.66. The lowest BCUT2D eigenvalue weighted by Gasteiger charge is -2.23. The molecule has 114 valence electrons. The van der Waals surface area contributed by atoms with Crippen LogP contribution in [0.5, 0.6) is 5.75 Å². The van der Waals surface area contributed by atoms with Crippen LogP contribution in [0, 0.1) is 12.3 Å². The Bertz CT molecular complexity index is 755. The normalized spacial score (nSPS) is 12.6. The molecule has 0 amide bonds. The minimum absolute atomic E-state index is 0.128. The number of para-hydroxylation sites is 1. The summed E-state index contributed by atoms with van der Waals surface area (Å²) < 4.78 is 28.3. The van der Waals surface area contributed by atoms with Crippen molar-refractivity contribution in [3.8, 4) is 5.75 Å². The number of benzene rings is 1. The number of ether oxygens (including phenoxy) is 1. The lowest BCUT2D eigenvalue weighted by molar-refractivity contribution is 0.201. The lowest BCUT2D eigenvalue weighted by Crippen LogP contribution is -2.33. The van der Waals surface area contributed by atoms with Gasteiger partial charge < -0.3 is 4.74 Å². The van der Waals surface area contributed by atoms with E-state index in [2.05, 4.69) is 4.98 Å². The molecule has 21 heavy (non-hydrogen) atoms. The Labute approximate surface area is 125 Å². The molecule has 0 atom stereocenters. The van der Waals surface area contributed by atoms with Gasteiger partial charge in [-0.1, -0.05) is 32.0 Å². The molecule has 0 saturated heterocycles. The van der Waals surface area contributed by atoms with Gasteiger partial charge in [-0.2, -0.15) is 0 Å². The summed E-state index contributed by atoms with van der Waals surface area (Å²) in [6, 6.07) is 9.62. The molecule has 0 aliphatic rings. The lowest BCUT2D eigenvalue weighted by atomic mass is 9.98. The van der Waals surface area contributed by atoms with E-state index in [9.17, 15) is 8.42 Å². The second kappa shape index (κ2) is 5.61. The largest absolute Gasteiger partial charge is 0.491 e. The van der Waals surface area contributed by atoms with Crippen molar-refractivity contribution in [3.05, 3.63) is 36.0 Å². The van der Waals surface area contributed by atoms with Crippen LogP contribution < -0.4 is 9.88 Å². The molecule has 0 unspecified atom stereocenters. The zero-order valence-electron chi connectivity index (χ0n) is 12.5. The minimum atomic E-state index is -3.53. The van der Waals surface area contributed by atoms with E-state index in [0.717, 1.165) is 16.6 Å². The summed E-state index contributed by atoms with van der Waals surface area (Å²) in [7, 11) is -3.53. The third-order valence-electron chi connectivity index (χ3n) is 3.03. The molecule has 0 aliphatic heterocycles. The van der Waals surface area contributed by atoms with Crippen LogP contribution in [0.2, 0.25) is 0 Å². The number of nitrogens with zero attached hydrogens (tertiary/aromatic N) is 1. The number of pyridine rings is 1. The number of rotatable bonds is 5. The maximum Gasteiger partial charge on any atom is 0.209 e. The molecule has 0 spiro atoms. The van der Waals surface area contributed by atoms with Crippen molar-refractivity contribution >= 4 is 20.9 Å². The first kappa shape index (κ1) is 15.7. The summed E-state index contributed by atoms with van der Waals surface area (Å²) >= 11 is 0. The van der Waals surface area contributed by atoms with E-state index in [1.807, 2.05) is 37.3 Å². The van der Waals surface area contributed by atoms with Crippen molar-refractivity contribution in [1.29, 1.82) is 0 Å². The summed E-state index contributed by atoms with van der Waals surface area (Å²) in [5.74, 6) is 0.524. The molecule has 6 heteroatoms. The van der Waals surface area contributed by atoms with Gasteiger partial charge in [-0.05, 0) is 19.1 Å². The van der Waals surface area contributed by atoms with E-state index in [1.165, 1.54) is 0 Å². The third-order valence-corrected chi connectivity index (χ3v) is 4.22. The fourth-order valence-corrected chi connectivity index (χ4v) is 3.37. The van der Waals surface area contributed by atoms with Crippen LogP contribution in [-0.4, -0.2) is 25.8 Å². The summed E-state index contributed by atoms with van der Waals surface area (Å²) in [5.41, 5.74) is 1.12. The number of sulfonamides is 1. The van der Waals surface area contributed by atoms with Crippen molar-refractivity contribution in [2.75, 3.05) is 12.4 Å². The summed E-state index contributed by atoms with van der Waals surface area (Å²) in [6.07, 6.45) is 0. The first-order valence-electron chi connectivity index (χ1n) is 6.66. The van der Waals surface area contributed by atoms with Gasteiger partial charge in [0.25, 0.3) is 0 Å². The van der Waals surface area contributed by atoms with Crippen LogP contribution in [-0.2, 0) is 10.0 Å². The number of aryl methyl sites for hydroxylation is 1. The van der Waals surface area contributed by atoms with Crippen molar-refractivity contribution in [2.24, 2.45) is 10.6 Å². The maximum atomic E-state index is 11.2. The van der Waals surface area contributed by atoms with E-state index < -0.39 is 15.4 Å². The molecule has 0 saturated carbocycles. The molecule has 0 radical (unpaired) electrons. The van der Waals surface area contributed by atoms with Gasteiger partial charge in [0, 0.05) is 16.5 Å². The smallest absolute Gasteiger partial charge is 0.209 e. The van der Waals surface area contributed by atoms with E-state index >= 15 is 0 Å². The van der Waals surface area contributed by atoms with E-state index in [4.69, 9.17) is 9.88 Å². The number of hydrogen-bond donors (Lipinski definition) is 1. The Hall–Kier alpha value is -1.66. The Morgan fingerprint density at radius 1 is 1.24 bits per heavy atom. The van der Waals surface area contributed by atoms with E-state index in [-0.39, 0.29) is 12.4 Å². The van der Waals surface area contributed by atoms with Crippen LogP contribution in [0.25, 0.3) is 10.9 Å². The quantitative estimate of drug-likeness (QED) is 0.918. The topological polar surface area (TPSA) is 82.3 Å². The third kappa shape index (κ3) is 4.41. The first-order valence-corrected chi connectivity index (χ1v) is 8.37. The SMILES string of the molecule is Cc1ccc2cccc(OCC(C)(C)CS(N)(=O)=O)c2n1. The van der Waals surface area contributed by atoms with Crippen molar-refractivity contribution < 1.29 is 13.2 Å². The highest BCUT2D eigenvalue weighted by atomic mass is 32.2. The molecule has 1 heterocycles. The zero-order chi connectivity index (χ0) is 15.7. The molecule has 0 bridgehead atoms. The number of nitrogens with two attached hydrogens (primary N) is 1.